The topological polar surface area (TPSA) is 38.7 Å². The molecule has 1 N–H and O–H groups in total. The molecule has 0 saturated heterocycles. The Bertz CT molecular complexity index is 376. The predicted octanol–water partition coefficient (Wildman–Crippen LogP) is 1.44. The summed E-state index contributed by atoms with van der Waals surface area (Å²) in [5.41, 5.74) is 0.830. The number of hydrogen-bond acceptors (Lipinski definition) is 3. The average Bonchev–Trinajstić information content (AvgIpc) is 2.34. The lowest BCUT2D eigenvalue weighted by Crippen LogP contribution is -2.15. The van der Waals surface area contributed by atoms with Crippen molar-refractivity contribution >= 4 is 0 Å². The number of rotatable bonds is 4. The van der Waals surface area contributed by atoms with Crippen molar-refractivity contribution in [3.63, 3.8) is 0 Å². The molecule has 86 valence electrons. The summed E-state index contributed by atoms with van der Waals surface area (Å²) in [6.07, 6.45) is 0.0622. The first-order valence-corrected chi connectivity index (χ1v) is 5.11. The van der Waals surface area contributed by atoms with Crippen LogP contribution in [0.4, 0.5) is 0 Å². The van der Waals surface area contributed by atoms with Gasteiger partial charge in [-0.2, -0.15) is 0 Å². The van der Waals surface area contributed by atoms with Crippen LogP contribution >= 0.6 is 0 Å². The molecule has 0 saturated carbocycles. The Hall–Kier alpha value is -1.50. The van der Waals surface area contributed by atoms with E-state index in [4.69, 9.17) is 14.6 Å². The summed E-state index contributed by atoms with van der Waals surface area (Å²) in [7, 11) is 1.65. The van der Waals surface area contributed by atoms with Crippen molar-refractivity contribution < 1.29 is 14.6 Å². The maximum Gasteiger partial charge on any atom is 0.120 e. The van der Waals surface area contributed by atoms with E-state index in [9.17, 15) is 0 Å². The normalized spacial score (nSPS) is 11.4. The van der Waals surface area contributed by atoms with Gasteiger partial charge in [-0.3, -0.25) is 0 Å². The van der Waals surface area contributed by atoms with Crippen LogP contribution in [0.2, 0.25) is 0 Å². The third-order valence-electron chi connectivity index (χ3n) is 2.03. The minimum atomic E-state index is -0.133. The van der Waals surface area contributed by atoms with E-state index in [0.717, 1.165) is 11.3 Å². The second-order valence-electron chi connectivity index (χ2n) is 3.35. The lowest BCUT2D eigenvalue weighted by molar-refractivity contribution is 0.0716. The van der Waals surface area contributed by atoms with Crippen LogP contribution in [0.3, 0.4) is 0 Å². The zero-order chi connectivity index (χ0) is 11.8. The number of aliphatic hydroxyl groups excluding tert-OH is 1. The van der Waals surface area contributed by atoms with Crippen molar-refractivity contribution in [1.82, 2.24) is 0 Å². The molecule has 0 heterocycles. The van der Waals surface area contributed by atoms with Crippen molar-refractivity contribution in [2.24, 2.45) is 0 Å². The number of aliphatic hydroxyl groups is 1. The lowest BCUT2D eigenvalue weighted by atomic mass is 10.2. The molecule has 1 atom stereocenters. The van der Waals surface area contributed by atoms with Crippen LogP contribution in [0, 0.1) is 11.8 Å². The minimum absolute atomic E-state index is 0.0622. The zero-order valence-corrected chi connectivity index (χ0v) is 9.56. The van der Waals surface area contributed by atoms with E-state index in [1.165, 1.54) is 0 Å². The van der Waals surface area contributed by atoms with E-state index in [-0.39, 0.29) is 12.7 Å². The van der Waals surface area contributed by atoms with Gasteiger partial charge in [-0.25, -0.2) is 0 Å². The van der Waals surface area contributed by atoms with Gasteiger partial charge in [0.1, 0.15) is 19.0 Å². The van der Waals surface area contributed by atoms with Crippen LogP contribution in [-0.2, 0) is 4.74 Å². The Morgan fingerprint density at radius 1 is 1.44 bits per heavy atom. The molecule has 0 fully saturated rings. The van der Waals surface area contributed by atoms with E-state index in [1.54, 1.807) is 7.11 Å². The SMILES string of the molecule is COC(C)COc1cccc(C#CCO)c1. The highest BCUT2D eigenvalue weighted by atomic mass is 16.5. The molecule has 0 amide bonds. The summed E-state index contributed by atoms with van der Waals surface area (Å²) >= 11 is 0. The Morgan fingerprint density at radius 3 is 2.94 bits per heavy atom. The molecule has 0 radical (unpaired) electrons. The third-order valence-corrected chi connectivity index (χ3v) is 2.03. The Labute approximate surface area is 96.0 Å². The Morgan fingerprint density at radius 2 is 2.25 bits per heavy atom. The molecule has 1 rings (SSSR count). The smallest absolute Gasteiger partial charge is 0.120 e. The second kappa shape index (κ2) is 6.89. The fourth-order valence-corrected chi connectivity index (χ4v) is 1.09. The van der Waals surface area contributed by atoms with Gasteiger partial charge in [0, 0.05) is 12.7 Å². The number of benzene rings is 1. The van der Waals surface area contributed by atoms with Crippen molar-refractivity contribution in [1.29, 1.82) is 0 Å². The molecule has 16 heavy (non-hydrogen) atoms. The molecule has 1 aromatic rings. The van der Waals surface area contributed by atoms with Crippen molar-refractivity contribution in [2.75, 3.05) is 20.3 Å². The van der Waals surface area contributed by atoms with Crippen molar-refractivity contribution in [3.8, 4) is 17.6 Å². The van der Waals surface area contributed by atoms with Crippen molar-refractivity contribution in [2.45, 2.75) is 13.0 Å². The zero-order valence-electron chi connectivity index (χ0n) is 9.56. The molecule has 0 bridgehead atoms. The predicted molar refractivity (Wildman–Crippen MR) is 62.4 cm³/mol. The fourth-order valence-electron chi connectivity index (χ4n) is 1.09. The highest BCUT2D eigenvalue weighted by Gasteiger charge is 2.00. The van der Waals surface area contributed by atoms with E-state index in [2.05, 4.69) is 11.8 Å². The van der Waals surface area contributed by atoms with Crippen LogP contribution in [0.25, 0.3) is 0 Å². The van der Waals surface area contributed by atoms with Crippen LogP contribution in [0.1, 0.15) is 12.5 Å². The van der Waals surface area contributed by atoms with Crippen LogP contribution in [0.15, 0.2) is 24.3 Å². The first-order chi connectivity index (χ1) is 7.76. The lowest BCUT2D eigenvalue weighted by Gasteiger charge is -2.11. The summed E-state index contributed by atoms with van der Waals surface area (Å²) in [6.45, 7) is 2.31. The number of methoxy groups -OCH3 is 1. The van der Waals surface area contributed by atoms with Gasteiger partial charge in [-0.05, 0) is 25.1 Å². The summed E-state index contributed by atoms with van der Waals surface area (Å²) in [6, 6.07) is 7.45. The molecule has 0 aliphatic carbocycles. The maximum atomic E-state index is 8.58. The van der Waals surface area contributed by atoms with Gasteiger partial charge in [0.15, 0.2) is 0 Å². The monoisotopic (exact) mass is 220 g/mol. The second-order valence-corrected chi connectivity index (χ2v) is 3.35. The van der Waals surface area contributed by atoms with Gasteiger partial charge in [0.25, 0.3) is 0 Å². The molecule has 1 unspecified atom stereocenters. The fraction of sp³-hybridized carbons (Fsp3) is 0.385. The molecule has 0 aliphatic rings. The standard InChI is InChI=1S/C13H16O3/c1-11(15-2)10-16-13-7-3-5-12(9-13)6-4-8-14/h3,5,7,9,11,14H,8,10H2,1-2H3. The van der Waals surface area contributed by atoms with E-state index >= 15 is 0 Å². The van der Waals surface area contributed by atoms with E-state index in [0.29, 0.717) is 6.61 Å². The average molecular weight is 220 g/mol. The minimum Gasteiger partial charge on any atom is -0.491 e. The summed E-state index contributed by atoms with van der Waals surface area (Å²) < 4.78 is 10.6. The van der Waals surface area contributed by atoms with Gasteiger partial charge in [0.05, 0.1) is 6.10 Å². The van der Waals surface area contributed by atoms with Gasteiger partial charge in [0.2, 0.25) is 0 Å². The third kappa shape index (κ3) is 4.35. The van der Waals surface area contributed by atoms with Crippen LogP contribution < -0.4 is 4.74 Å². The van der Waals surface area contributed by atoms with E-state index < -0.39 is 0 Å². The van der Waals surface area contributed by atoms with Gasteiger partial charge in [-0.15, -0.1) is 0 Å². The van der Waals surface area contributed by atoms with Crippen LogP contribution in [-0.4, -0.2) is 31.5 Å². The van der Waals surface area contributed by atoms with E-state index in [1.807, 2.05) is 31.2 Å². The molecular formula is C13H16O3. The number of hydrogen-bond donors (Lipinski definition) is 1. The molecule has 3 heteroatoms. The molecule has 3 nitrogen and oxygen atoms in total. The van der Waals surface area contributed by atoms with Crippen molar-refractivity contribution in [3.05, 3.63) is 29.8 Å². The Kier molecular flexibility index (Phi) is 5.41. The summed E-state index contributed by atoms with van der Waals surface area (Å²) in [4.78, 5) is 0. The van der Waals surface area contributed by atoms with Gasteiger partial charge < -0.3 is 14.6 Å². The molecular weight excluding hydrogens is 204 g/mol. The Balaban J connectivity index is 2.60. The summed E-state index contributed by atoms with van der Waals surface area (Å²) in [5, 5.41) is 8.58. The molecule has 0 aliphatic heterocycles. The summed E-state index contributed by atoms with van der Waals surface area (Å²) in [5.74, 6) is 6.18. The highest BCUT2D eigenvalue weighted by molar-refractivity contribution is 5.39. The molecule has 1 aromatic carbocycles. The quantitative estimate of drug-likeness (QED) is 0.780. The van der Waals surface area contributed by atoms with Gasteiger partial charge >= 0.3 is 0 Å². The largest absolute Gasteiger partial charge is 0.491 e. The number of ether oxygens (including phenoxy) is 2. The first kappa shape index (κ1) is 12.6. The molecule has 0 spiro atoms. The van der Waals surface area contributed by atoms with Crippen LogP contribution in [0.5, 0.6) is 5.75 Å². The first-order valence-electron chi connectivity index (χ1n) is 5.11. The maximum absolute atomic E-state index is 8.58. The molecule has 0 aromatic heterocycles. The van der Waals surface area contributed by atoms with Gasteiger partial charge in [-0.1, -0.05) is 17.9 Å². The highest BCUT2D eigenvalue weighted by Crippen LogP contribution is 2.12.